The van der Waals surface area contributed by atoms with Crippen molar-refractivity contribution >= 4 is 11.6 Å². The molecule has 0 saturated heterocycles. The smallest absolute Gasteiger partial charge is 0.0444 e. The second-order valence-electron chi connectivity index (χ2n) is 3.97. The zero-order chi connectivity index (χ0) is 9.97. The summed E-state index contributed by atoms with van der Waals surface area (Å²) in [4.78, 5) is 0. The molecule has 1 aliphatic rings. The molecule has 2 rings (SSSR count). The molecule has 0 unspecified atom stereocenters. The van der Waals surface area contributed by atoms with Crippen LogP contribution in [0.15, 0.2) is 18.2 Å². The highest BCUT2D eigenvalue weighted by Gasteiger charge is 2.23. The minimum atomic E-state index is 0.715. The van der Waals surface area contributed by atoms with Crippen molar-refractivity contribution in [2.75, 3.05) is 7.05 Å². The summed E-state index contributed by atoms with van der Waals surface area (Å²) in [7, 11) is 1.98. The van der Waals surface area contributed by atoms with Crippen LogP contribution >= 0.6 is 11.6 Å². The molecule has 0 amide bonds. The van der Waals surface area contributed by atoms with Crippen LogP contribution in [-0.4, -0.2) is 7.05 Å². The zero-order valence-electron chi connectivity index (χ0n) is 8.52. The molecule has 0 aliphatic heterocycles. The minimum absolute atomic E-state index is 0.715. The van der Waals surface area contributed by atoms with Gasteiger partial charge in [-0.05, 0) is 43.0 Å². The molecule has 0 heterocycles. The van der Waals surface area contributed by atoms with Crippen molar-refractivity contribution < 1.29 is 0 Å². The Hall–Kier alpha value is -0.530. The Balaban J connectivity index is 2.32. The molecule has 1 nitrogen and oxygen atoms in total. The van der Waals surface area contributed by atoms with Gasteiger partial charge in [0.1, 0.15) is 0 Å². The van der Waals surface area contributed by atoms with E-state index in [0.717, 1.165) is 11.6 Å². The van der Waals surface area contributed by atoms with Gasteiger partial charge in [0.2, 0.25) is 0 Å². The first-order valence-electron chi connectivity index (χ1n) is 5.25. The Morgan fingerprint density at radius 1 is 1.43 bits per heavy atom. The minimum Gasteiger partial charge on any atom is -0.316 e. The van der Waals surface area contributed by atoms with Crippen molar-refractivity contribution in [3.63, 3.8) is 0 Å². The van der Waals surface area contributed by atoms with Gasteiger partial charge in [-0.15, -0.1) is 0 Å². The first-order chi connectivity index (χ1) is 6.83. The average Bonchev–Trinajstić information content (AvgIpc) is 2.08. The van der Waals surface area contributed by atoms with Crippen LogP contribution in [0.25, 0.3) is 0 Å². The first kappa shape index (κ1) is 10.0. The normalized spacial score (nSPS) is 16.7. The summed E-state index contributed by atoms with van der Waals surface area (Å²) in [5.41, 5.74) is 2.75. The third-order valence-corrected chi connectivity index (χ3v) is 3.35. The molecule has 1 N–H and O–H groups in total. The van der Waals surface area contributed by atoms with E-state index in [1.54, 1.807) is 0 Å². The molecule has 0 radical (unpaired) electrons. The van der Waals surface area contributed by atoms with Crippen LogP contribution in [0.3, 0.4) is 0 Å². The fourth-order valence-corrected chi connectivity index (χ4v) is 2.43. The largest absolute Gasteiger partial charge is 0.316 e. The van der Waals surface area contributed by atoms with E-state index in [-0.39, 0.29) is 0 Å². The van der Waals surface area contributed by atoms with Crippen LogP contribution in [0.5, 0.6) is 0 Å². The summed E-state index contributed by atoms with van der Waals surface area (Å²) in [6, 6.07) is 6.22. The van der Waals surface area contributed by atoms with Crippen LogP contribution in [0.1, 0.15) is 36.3 Å². The SMILES string of the molecule is CNCc1cccc(Cl)c1C1CCC1. The summed E-state index contributed by atoms with van der Waals surface area (Å²) in [6.45, 7) is 0.923. The Morgan fingerprint density at radius 3 is 2.79 bits per heavy atom. The van der Waals surface area contributed by atoms with E-state index in [1.165, 1.54) is 30.4 Å². The maximum absolute atomic E-state index is 6.24. The number of hydrogen-bond acceptors (Lipinski definition) is 1. The van der Waals surface area contributed by atoms with Crippen molar-refractivity contribution in [3.05, 3.63) is 34.3 Å². The van der Waals surface area contributed by atoms with Gasteiger partial charge in [-0.1, -0.05) is 30.2 Å². The number of nitrogens with one attached hydrogen (secondary N) is 1. The molecular formula is C12H16ClN. The van der Waals surface area contributed by atoms with Gasteiger partial charge in [0.15, 0.2) is 0 Å². The molecule has 0 atom stereocenters. The van der Waals surface area contributed by atoms with E-state index in [4.69, 9.17) is 11.6 Å². The molecule has 1 saturated carbocycles. The fourth-order valence-electron chi connectivity index (χ4n) is 2.08. The lowest BCUT2D eigenvalue weighted by atomic mass is 9.78. The number of rotatable bonds is 3. The van der Waals surface area contributed by atoms with Crippen LogP contribution in [0.4, 0.5) is 0 Å². The van der Waals surface area contributed by atoms with Gasteiger partial charge in [0, 0.05) is 11.6 Å². The molecule has 1 aromatic carbocycles. The summed E-state index contributed by atoms with van der Waals surface area (Å²) >= 11 is 6.24. The van der Waals surface area contributed by atoms with Gasteiger partial charge in [0.25, 0.3) is 0 Å². The molecule has 0 spiro atoms. The summed E-state index contributed by atoms with van der Waals surface area (Å²) in [6.07, 6.45) is 3.97. The molecule has 0 bridgehead atoms. The molecule has 1 aromatic rings. The Kier molecular flexibility index (Phi) is 3.09. The van der Waals surface area contributed by atoms with E-state index >= 15 is 0 Å². The summed E-state index contributed by atoms with van der Waals surface area (Å²) in [5, 5.41) is 4.14. The van der Waals surface area contributed by atoms with Crippen LogP contribution < -0.4 is 5.32 Å². The highest BCUT2D eigenvalue weighted by Crippen LogP contribution is 2.41. The third-order valence-electron chi connectivity index (χ3n) is 3.02. The van der Waals surface area contributed by atoms with Crippen LogP contribution in [0.2, 0.25) is 5.02 Å². The Morgan fingerprint density at radius 2 is 2.21 bits per heavy atom. The van der Waals surface area contributed by atoms with Crippen LogP contribution in [0, 0.1) is 0 Å². The highest BCUT2D eigenvalue weighted by molar-refractivity contribution is 6.31. The van der Waals surface area contributed by atoms with Crippen molar-refractivity contribution in [2.24, 2.45) is 0 Å². The van der Waals surface area contributed by atoms with Crippen molar-refractivity contribution in [1.82, 2.24) is 5.32 Å². The maximum atomic E-state index is 6.24. The lowest BCUT2D eigenvalue weighted by Crippen LogP contribution is -2.15. The summed E-state index contributed by atoms with van der Waals surface area (Å²) in [5.74, 6) is 0.715. The van der Waals surface area contributed by atoms with Gasteiger partial charge in [0.05, 0.1) is 0 Å². The molecule has 0 aromatic heterocycles. The van der Waals surface area contributed by atoms with E-state index in [1.807, 2.05) is 19.2 Å². The van der Waals surface area contributed by atoms with Crippen molar-refractivity contribution in [3.8, 4) is 0 Å². The van der Waals surface area contributed by atoms with E-state index in [2.05, 4.69) is 11.4 Å². The molecule has 76 valence electrons. The number of halogens is 1. The first-order valence-corrected chi connectivity index (χ1v) is 5.62. The van der Waals surface area contributed by atoms with Gasteiger partial charge in [-0.2, -0.15) is 0 Å². The van der Waals surface area contributed by atoms with E-state index in [0.29, 0.717) is 5.92 Å². The standard InChI is InChI=1S/C12H16ClN/c1-14-8-10-6-3-7-11(13)12(10)9-4-2-5-9/h3,6-7,9,14H,2,4-5,8H2,1H3. The monoisotopic (exact) mass is 209 g/mol. The predicted octanol–water partition coefficient (Wildman–Crippen LogP) is 3.33. The lowest BCUT2D eigenvalue weighted by Gasteiger charge is -2.28. The van der Waals surface area contributed by atoms with Crippen molar-refractivity contribution in [2.45, 2.75) is 31.7 Å². The van der Waals surface area contributed by atoms with Gasteiger partial charge in [-0.3, -0.25) is 0 Å². The Bertz CT molecular complexity index is 318. The highest BCUT2D eigenvalue weighted by atomic mass is 35.5. The number of benzene rings is 1. The number of hydrogen-bond donors (Lipinski definition) is 1. The van der Waals surface area contributed by atoms with Gasteiger partial charge < -0.3 is 5.32 Å². The quantitative estimate of drug-likeness (QED) is 0.806. The second kappa shape index (κ2) is 4.33. The molecule has 14 heavy (non-hydrogen) atoms. The topological polar surface area (TPSA) is 12.0 Å². The molecule has 1 aliphatic carbocycles. The van der Waals surface area contributed by atoms with E-state index in [9.17, 15) is 0 Å². The Labute approximate surface area is 90.5 Å². The van der Waals surface area contributed by atoms with Crippen molar-refractivity contribution in [1.29, 1.82) is 0 Å². The molecule has 1 fully saturated rings. The average molecular weight is 210 g/mol. The lowest BCUT2D eigenvalue weighted by molar-refractivity contribution is 0.417. The van der Waals surface area contributed by atoms with Crippen LogP contribution in [-0.2, 0) is 6.54 Å². The van der Waals surface area contributed by atoms with Gasteiger partial charge >= 0.3 is 0 Å². The third kappa shape index (κ3) is 1.79. The second-order valence-corrected chi connectivity index (χ2v) is 4.38. The predicted molar refractivity (Wildman–Crippen MR) is 60.8 cm³/mol. The zero-order valence-corrected chi connectivity index (χ0v) is 9.27. The fraction of sp³-hybridized carbons (Fsp3) is 0.500. The van der Waals surface area contributed by atoms with E-state index < -0.39 is 0 Å². The maximum Gasteiger partial charge on any atom is 0.0444 e. The van der Waals surface area contributed by atoms with Gasteiger partial charge in [-0.25, -0.2) is 0 Å². The summed E-state index contributed by atoms with van der Waals surface area (Å²) < 4.78 is 0. The molecule has 2 heteroatoms. The molecular weight excluding hydrogens is 194 g/mol.